The maximum absolute atomic E-state index is 13.6. The van der Waals surface area contributed by atoms with Crippen LogP contribution >= 0.6 is 0 Å². The molecular formula is C13H11F11N+. The van der Waals surface area contributed by atoms with Crippen LogP contribution in [0.2, 0.25) is 0 Å². The van der Waals surface area contributed by atoms with E-state index in [1.165, 1.54) is 19.9 Å². The second kappa shape index (κ2) is 5.97. The molecule has 0 aliphatic heterocycles. The predicted octanol–water partition coefficient (Wildman–Crippen LogP) is 4.69. The summed E-state index contributed by atoms with van der Waals surface area (Å²) in [5.41, 5.74) is 0.484. The molecule has 0 aliphatic carbocycles. The van der Waals surface area contributed by atoms with Crippen molar-refractivity contribution in [2.24, 2.45) is 0 Å². The van der Waals surface area contributed by atoms with Gasteiger partial charge in [0.25, 0.3) is 0 Å². The zero-order valence-corrected chi connectivity index (χ0v) is 12.5. The van der Waals surface area contributed by atoms with Gasteiger partial charge in [-0.15, -0.1) is 0 Å². The topological polar surface area (TPSA) is 3.88 Å². The molecule has 1 rings (SSSR count). The fourth-order valence-corrected chi connectivity index (χ4v) is 2.02. The lowest BCUT2D eigenvalue weighted by Crippen LogP contribution is -2.68. The summed E-state index contributed by atoms with van der Waals surface area (Å²) in [7, 11) is 0. The summed E-state index contributed by atoms with van der Waals surface area (Å²) in [6.45, 7) is 0.449. The van der Waals surface area contributed by atoms with Crippen LogP contribution in [0.5, 0.6) is 0 Å². The lowest BCUT2D eigenvalue weighted by atomic mass is 9.98. The van der Waals surface area contributed by atoms with Gasteiger partial charge in [0.05, 0.1) is 0 Å². The molecule has 1 aromatic rings. The van der Waals surface area contributed by atoms with Crippen LogP contribution in [0.3, 0.4) is 0 Å². The van der Waals surface area contributed by atoms with E-state index in [4.69, 9.17) is 0 Å². The molecule has 0 atom stereocenters. The molecule has 144 valence electrons. The molecule has 0 aromatic carbocycles. The van der Waals surface area contributed by atoms with E-state index in [1.54, 1.807) is 0 Å². The molecule has 25 heavy (non-hydrogen) atoms. The highest BCUT2D eigenvalue weighted by Gasteiger charge is 2.87. The Labute approximate surface area is 134 Å². The van der Waals surface area contributed by atoms with Crippen LogP contribution < -0.4 is 4.57 Å². The molecular weight excluding hydrogens is 379 g/mol. The lowest BCUT2D eigenvalue weighted by Gasteiger charge is -2.36. The van der Waals surface area contributed by atoms with Crippen LogP contribution in [0, 0.1) is 13.8 Å². The molecule has 1 aromatic heterocycles. The Bertz CT molecular complexity index is 613. The first-order chi connectivity index (χ1) is 10.9. The van der Waals surface area contributed by atoms with Gasteiger partial charge >= 0.3 is 29.9 Å². The van der Waals surface area contributed by atoms with Gasteiger partial charge in [0.2, 0.25) is 6.54 Å². The average Bonchev–Trinajstić information content (AvgIpc) is 2.34. The van der Waals surface area contributed by atoms with Gasteiger partial charge in [0, 0.05) is 11.1 Å². The third kappa shape index (κ3) is 3.52. The van der Waals surface area contributed by atoms with E-state index in [0.717, 1.165) is 12.4 Å². The smallest absolute Gasteiger partial charge is 0.198 e. The van der Waals surface area contributed by atoms with Crippen molar-refractivity contribution in [2.75, 3.05) is 0 Å². The molecule has 1 heterocycles. The monoisotopic (exact) mass is 390 g/mol. The van der Waals surface area contributed by atoms with Gasteiger partial charge in [0.15, 0.2) is 12.4 Å². The van der Waals surface area contributed by atoms with Gasteiger partial charge in [-0.05, 0) is 19.9 Å². The molecule has 1 nitrogen and oxygen atoms in total. The molecule has 0 spiro atoms. The fraction of sp³-hybridized carbons (Fsp3) is 0.615. The highest BCUT2D eigenvalue weighted by atomic mass is 19.4. The zero-order chi connectivity index (χ0) is 20.1. The second-order valence-corrected chi connectivity index (χ2v) is 5.49. The minimum Gasteiger partial charge on any atom is -0.198 e. The van der Waals surface area contributed by atoms with Crippen molar-refractivity contribution >= 4 is 0 Å². The predicted molar refractivity (Wildman–Crippen MR) is 62.0 cm³/mol. The third-order valence-electron chi connectivity index (χ3n) is 3.18. The maximum atomic E-state index is 13.6. The van der Waals surface area contributed by atoms with Gasteiger partial charge in [0.1, 0.15) is 0 Å². The second-order valence-electron chi connectivity index (χ2n) is 5.49. The summed E-state index contributed by atoms with van der Waals surface area (Å²) < 4.78 is 142. The number of halogens is 11. The SMILES string of the molecule is Cc1cc(C)c[n+](CC(F)(F)C(F)(F)C(F)(F)C(F)(F)C(F)(F)F)c1. The highest BCUT2D eigenvalue weighted by Crippen LogP contribution is 2.57. The van der Waals surface area contributed by atoms with E-state index >= 15 is 0 Å². The summed E-state index contributed by atoms with van der Waals surface area (Å²) in [5.74, 6) is -27.6. The number of aryl methyl sites for hydroxylation is 2. The Kier molecular flexibility index (Phi) is 5.12. The summed E-state index contributed by atoms with van der Waals surface area (Å²) in [4.78, 5) is 0. The first-order valence-corrected chi connectivity index (χ1v) is 6.42. The lowest BCUT2D eigenvalue weighted by molar-refractivity contribution is -0.720. The molecule has 0 unspecified atom stereocenters. The maximum Gasteiger partial charge on any atom is 0.460 e. The molecule has 0 fully saturated rings. The van der Waals surface area contributed by atoms with Gasteiger partial charge in [-0.2, -0.15) is 52.9 Å². The van der Waals surface area contributed by atoms with Crippen LogP contribution in [0.1, 0.15) is 11.1 Å². The van der Waals surface area contributed by atoms with E-state index in [1.807, 2.05) is 0 Å². The van der Waals surface area contributed by atoms with Gasteiger partial charge in [-0.3, -0.25) is 0 Å². The van der Waals surface area contributed by atoms with E-state index in [-0.39, 0.29) is 11.1 Å². The largest absolute Gasteiger partial charge is 0.460 e. The first kappa shape index (κ1) is 21.4. The molecule has 12 heteroatoms. The van der Waals surface area contributed by atoms with Crippen molar-refractivity contribution in [3.8, 4) is 0 Å². The van der Waals surface area contributed by atoms with Crippen molar-refractivity contribution in [3.63, 3.8) is 0 Å². The summed E-state index contributed by atoms with van der Waals surface area (Å²) in [5, 5.41) is 0. The number of aromatic nitrogens is 1. The van der Waals surface area contributed by atoms with Crippen LogP contribution in [0.4, 0.5) is 48.3 Å². The molecule has 0 amide bonds. The normalized spacial score (nSPS) is 14.8. The molecule has 0 saturated carbocycles. The van der Waals surface area contributed by atoms with Crippen molar-refractivity contribution < 1.29 is 52.9 Å². The number of pyridine rings is 1. The van der Waals surface area contributed by atoms with E-state index in [0.29, 0.717) is 4.57 Å². The standard InChI is InChI=1S/C13H11F11N/c1-7-3-8(2)5-25(4-7)6-9(14,15)10(16,17)11(18,19)12(20,21)13(22,23)24/h3-5H,6H2,1-2H3/q+1. The quantitative estimate of drug-likeness (QED) is 0.507. The summed E-state index contributed by atoms with van der Waals surface area (Å²) in [6, 6.07) is 1.40. The van der Waals surface area contributed by atoms with Gasteiger partial charge in [-0.1, -0.05) is 0 Å². The van der Waals surface area contributed by atoms with Crippen LogP contribution in [-0.2, 0) is 6.54 Å². The van der Waals surface area contributed by atoms with E-state index < -0.39 is 36.4 Å². The van der Waals surface area contributed by atoms with Crippen molar-refractivity contribution in [3.05, 3.63) is 29.6 Å². The Balaban J connectivity index is 3.33. The summed E-state index contributed by atoms with van der Waals surface area (Å²) >= 11 is 0. The molecule has 0 saturated heterocycles. The van der Waals surface area contributed by atoms with Crippen molar-refractivity contribution in [1.29, 1.82) is 0 Å². The summed E-state index contributed by atoms with van der Waals surface area (Å²) in [6.07, 6.45) is -5.52. The van der Waals surface area contributed by atoms with E-state index in [2.05, 4.69) is 0 Å². The zero-order valence-electron chi connectivity index (χ0n) is 12.5. The molecule has 0 bridgehead atoms. The Hall–Kier alpha value is -1.62. The average molecular weight is 390 g/mol. The Morgan fingerprint density at radius 1 is 0.680 bits per heavy atom. The molecule has 0 aliphatic rings. The van der Waals surface area contributed by atoms with Crippen LogP contribution in [0.25, 0.3) is 0 Å². The minimum atomic E-state index is -7.37. The Morgan fingerprint density at radius 3 is 1.44 bits per heavy atom. The number of rotatable bonds is 5. The van der Waals surface area contributed by atoms with Crippen molar-refractivity contribution in [1.82, 2.24) is 0 Å². The van der Waals surface area contributed by atoms with Crippen LogP contribution in [-0.4, -0.2) is 29.9 Å². The van der Waals surface area contributed by atoms with Gasteiger partial charge in [-0.25, -0.2) is 0 Å². The fourth-order valence-electron chi connectivity index (χ4n) is 2.02. The molecule has 0 radical (unpaired) electrons. The molecule has 0 N–H and O–H groups in total. The Morgan fingerprint density at radius 2 is 1.08 bits per heavy atom. The third-order valence-corrected chi connectivity index (χ3v) is 3.18. The number of hydrogen-bond acceptors (Lipinski definition) is 0. The van der Waals surface area contributed by atoms with Crippen molar-refractivity contribution in [2.45, 2.75) is 50.3 Å². The number of alkyl halides is 11. The highest BCUT2D eigenvalue weighted by molar-refractivity contribution is 5.11. The van der Waals surface area contributed by atoms with Crippen LogP contribution in [0.15, 0.2) is 18.5 Å². The first-order valence-electron chi connectivity index (χ1n) is 6.42. The van der Waals surface area contributed by atoms with E-state index in [9.17, 15) is 48.3 Å². The minimum absolute atomic E-state index is 0.242. The number of hydrogen-bond donors (Lipinski definition) is 0. The van der Waals surface area contributed by atoms with Gasteiger partial charge < -0.3 is 0 Å². The number of nitrogens with zero attached hydrogens (tertiary/aromatic N) is 1.